The Hall–Kier alpha value is -2.90. The van der Waals surface area contributed by atoms with Crippen LogP contribution in [-0.4, -0.2) is 42.3 Å². The van der Waals surface area contributed by atoms with Gasteiger partial charge < -0.3 is 0 Å². The van der Waals surface area contributed by atoms with E-state index in [4.69, 9.17) is 0 Å². The predicted molar refractivity (Wildman–Crippen MR) is 139 cm³/mol. The molecule has 0 saturated heterocycles. The van der Waals surface area contributed by atoms with Crippen LogP contribution in [0.4, 0.5) is 4.39 Å². The topological polar surface area (TPSA) is 62.6 Å². The number of allylic oxidation sites excluding steroid dienone is 9. The molecule has 5 nitrogen and oxygen atoms in total. The third-order valence-corrected chi connectivity index (χ3v) is 8.22. The van der Waals surface area contributed by atoms with Crippen molar-refractivity contribution in [2.75, 3.05) is 13.1 Å². The Balaban J connectivity index is 1.58. The third kappa shape index (κ3) is 6.36. The van der Waals surface area contributed by atoms with Gasteiger partial charge in [-0.2, -0.15) is 0 Å². The van der Waals surface area contributed by atoms with E-state index in [1.165, 1.54) is 28.2 Å². The number of aliphatic imine (C=N–C) groups is 1. The zero-order valence-corrected chi connectivity index (χ0v) is 20.7. The van der Waals surface area contributed by atoms with Crippen LogP contribution in [0.5, 0.6) is 0 Å². The highest BCUT2D eigenvalue weighted by atomic mass is 32.2. The van der Waals surface area contributed by atoms with E-state index in [2.05, 4.69) is 9.98 Å². The average Bonchev–Trinajstić information content (AvgIpc) is 2.85. The maximum Gasteiger partial charge on any atom is 0.221 e. The van der Waals surface area contributed by atoms with Gasteiger partial charge in [-0.1, -0.05) is 61.1 Å². The largest absolute Gasteiger partial charge is 0.261 e. The van der Waals surface area contributed by atoms with Crippen molar-refractivity contribution in [3.63, 3.8) is 0 Å². The van der Waals surface area contributed by atoms with E-state index in [1.807, 2.05) is 69.5 Å². The Morgan fingerprint density at radius 2 is 2.06 bits per heavy atom. The number of fused-ring (bicyclic) bond motifs is 1. The van der Waals surface area contributed by atoms with Crippen molar-refractivity contribution in [1.29, 1.82) is 0 Å². The number of aryl methyl sites for hydroxylation is 1. The minimum atomic E-state index is -3.67. The first-order chi connectivity index (χ1) is 16.4. The molecule has 1 aromatic rings. The molecule has 0 bridgehead atoms. The van der Waals surface area contributed by atoms with Crippen LogP contribution in [0.25, 0.3) is 6.08 Å². The van der Waals surface area contributed by atoms with Gasteiger partial charge in [0.25, 0.3) is 0 Å². The molecule has 3 rings (SSSR count). The minimum absolute atomic E-state index is 0.181. The molecule has 1 aromatic heterocycles. The Bertz CT molecular complexity index is 1170. The second kappa shape index (κ2) is 12.0. The van der Waals surface area contributed by atoms with E-state index in [-0.39, 0.29) is 5.70 Å². The van der Waals surface area contributed by atoms with Gasteiger partial charge in [-0.3, -0.25) is 9.98 Å². The standard InChI is InChI=1S/C27H32FN3O2S/c1-4-21(3)10-6-7-11-22-14-15-23(30-20-22)12-9-19-31(5-2)34(32,33)26-17-16-25(28)27-24(26)13-8-18-29-27/h4,6-8,10-11,13-18,20,24,26H,5,9,12,19H2,1-3H3/b10-6-,11-7+,21-4+. The number of hydrogen-bond donors (Lipinski definition) is 0. The van der Waals surface area contributed by atoms with Gasteiger partial charge in [-0.15, -0.1) is 0 Å². The van der Waals surface area contributed by atoms with Crippen LogP contribution in [0, 0.1) is 5.92 Å². The van der Waals surface area contributed by atoms with Gasteiger partial charge in [-0.05, 0) is 50.5 Å². The van der Waals surface area contributed by atoms with Crippen LogP contribution in [0.2, 0.25) is 0 Å². The number of pyridine rings is 1. The Kier molecular flexibility index (Phi) is 9.07. The molecule has 180 valence electrons. The SMILES string of the molecule is C/C=C(C)/C=C\C=C\c1ccc(CCCN(CC)S(=O)(=O)C2C=CC(F)=C3N=CC=CC32)nc1. The molecule has 2 aliphatic rings. The minimum Gasteiger partial charge on any atom is -0.261 e. The summed E-state index contributed by atoms with van der Waals surface area (Å²) in [4.78, 5) is 8.57. The summed E-state index contributed by atoms with van der Waals surface area (Å²) in [5.74, 6) is -1.08. The lowest BCUT2D eigenvalue weighted by Crippen LogP contribution is -2.43. The summed E-state index contributed by atoms with van der Waals surface area (Å²) in [6, 6.07) is 3.98. The van der Waals surface area contributed by atoms with Gasteiger partial charge in [0.1, 0.15) is 11.1 Å². The lowest BCUT2D eigenvalue weighted by molar-refractivity contribution is 0.410. The summed E-state index contributed by atoms with van der Waals surface area (Å²) in [6.45, 7) is 6.61. The highest BCUT2D eigenvalue weighted by Crippen LogP contribution is 2.35. The average molecular weight is 482 g/mol. The molecule has 1 aliphatic carbocycles. The Morgan fingerprint density at radius 3 is 2.76 bits per heavy atom. The molecule has 0 aromatic carbocycles. The highest BCUT2D eigenvalue weighted by molar-refractivity contribution is 7.89. The molecule has 0 spiro atoms. The van der Waals surface area contributed by atoms with Crippen molar-refractivity contribution in [3.8, 4) is 0 Å². The number of halogens is 1. The number of hydrogen-bond acceptors (Lipinski definition) is 4. The van der Waals surface area contributed by atoms with E-state index < -0.39 is 27.0 Å². The molecule has 0 N–H and O–H groups in total. The zero-order valence-electron chi connectivity index (χ0n) is 19.9. The fourth-order valence-electron chi connectivity index (χ4n) is 3.85. The van der Waals surface area contributed by atoms with Crippen LogP contribution in [0.15, 0.2) is 89.0 Å². The first kappa shape index (κ1) is 25.7. The Labute approximate surface area is 202 Å². The van der Waals surface area contributed by atoms with Gasteiger partial charge in [0.05, 0.1) is 5.70 Å². The normalized spacial score (nSPS) is 20.8. The van der Waals surface area contributed by atoms with Crippen molar-refractivity contribution < 1.29 is 12.8 Å². The summed E-state index contributed by atoms with van der Waals surface area (Å²) in [6.07, 6.45) is 20.7. The predicted octanol–water partition coefficient (Wildman–Crippen LogP) is 5.58. The second-order valence-electron chi connectivity index (χ2n) is 8.22. The van der Waals surface area contributed by atoms with E-state index >= 15 is 0 Å². The van der Waals surface area contributed by atoms with Crippen LogP contribution < -0.4 is 0 Å². The van der Waals surface area contributed by atoms with Crippen LogP contribution in [-0.2, 0) is 16.4 Å². The van der Waals surface area contributed by atoms with Gasteiger partial charge in [0, 0.05) is 37.1 Å². The smallest absolute Gasteiger partial charge is 0.221 e. The molecule has 0 radical (unpaired) electrons. The highest BCUT2D eigenvalue weighted by Gasteiger charge is 2.39. The van der Waals surface area contributed by atoms with Crippen LogP contribution in [0.1, 0.15) is 38.4 Å². The molecule has 2 unspecified atom stereocenters. The van der Waals surface area contributed by atoms with Crippen molar-refractivity contribution in [3.05, 3.63) is 95.3 Å². The van der Waals surface area contributed by atoms with Crippen LogP contribution in [0.3, 0.4) is 0 Å². The lowest BCUT2D eigenvalue weighted by atomic mass is 9.94. The molecule has 7 heteroatoms. The molecule has 1 aliphatic heterocycles. The zero-order chi connectivity index (χ0) is 24.6. The molecular weight excluding hydrogens is 449 g/mol. The number of nitrogens with zero attached hydrogens (tertiary/aromatic N) is 3. The second-order valence-corrected chi connectivity index (χ2v) is 10.3. The maximum absolute atomic E-state index is 14.1. The quantitative estimate of drug-likeness (QED) is 0.410. The van der Waals surface area contributed by atoms with Crippen molar-refractivity contribution in [2.45, 2.75) is 38.9 Å². The van der Waals surface area contributed by atoms with E-state index in [0.717, 1.165) is 11.3 Å². The Morgan fingerprint density at radius 1 is 1.24 bits per heavy atom. The fourth-order valence-corrected chi connectivity index (χ4v) is 5.81. The first-order valence-corrected chi connectivity index (χ1v) is 13.1. The molecule has 0 amide bonds. The van der Waals surface area contributed by atoms with E-state index in [0.29, 0.717) is 25.9 Å². The van der Waals surface area contributed by atoms with E-state index in [9.17, 15) is 12.8 Å². The maximum atomic E-state index is 14.1. The molecule has 2 atom stereocenters. The van der Waals surface area contributed by atoms with Crippen molar-refractivity contribution in [2.24, 2.45) is 10.9 Å². The number of rotatable bonds is 10. The molecule has 0 fully saturated rings. The molecule has 2 heterocycles. The summed E-state index contributed by atoms with van der Waals surface area (Å²) >= 11 is 0. The first-order valence-electron chi connectivity index (χ1n) is 11.6. The van der Waals surface area contributed by atoms with E-state index in [1.54, 1.807) is 12.2 Å². The summed E-state index contributed by atoms with van der Waals surface area (Å²) in [7, 11) is -3.67. The van der Waals surface area contributed by atoms with Gasteiger partial charge in [0.15, 0.2) is 0 Å². The van der Waals surface area contributed by atoms with Gasteiger partial charge in [-0.25, -0.2) is 17.1 Å². The van der Waals surface area contributed by atoms with Crippen LogP contribution >= 0.6 is 0 Å². The molecule has 34 heavy (non-hydrogen) atoms. The van der Waals surface area contributed by atoms with Crippen molar-refractivity contribution in [1.82, 2.24) is 9.29 Å². The number of dihydropyridines is 1. The molecule has 0 saturated carbocycles. The van der Waals surface area contributed by atoms with Gasteiger partial charge >= 0.3 is 0 Å². The van der Waals surface area contributed by atoms with Crippen molar-refractivity contribution >= 4 is 22.3 Å². The summed E-state index contributed by atoms with van der Waals surface area (Å²) < 4.78 is 42.3. The fraction of sp³-hybridized carbons (Fsp3) is 0.333. The van der Waals surface area contributed by atoms with Gasteiger partial charge in [0.2, 0.25) is 10.0 Å². The lowest BCUT2D eigenvalue weighted by Gasteiger charge is -2.31. The third-order valence-electron chi connectivity index (χ3n) is 5.92. The monoisotopic (exact) mass is 481 g/mol. The number of aromatic nitrogens is 1. The number of sulfonamides is 1. The molecular formula is C27H32FN3O2S. The summed E-state index contributed by atoms with van der Waals surface area (Å²) in [5.41, 5.74) is 3.31. The summed E-state index contributed by atoms with van der Waals surface area (Å²) in [5, 5.41) is -0.856.